The molecular weight excluding hydrogens is 687 g/mol. The number of aromatic nitrogens is 3. The molecule has 11 aromatic rings. The van der Waals surface area contributed by atoms with Gasteiger partial charge in [-0.15, -0.1) is 0 Å². The van der Waals surface area contributed by atoms with Crippen LogP contribution in [0.1, 0.15) is 23.6 Å². The van der Waals surface area contributed by atoms with E-state index in [-0.39, 0.29) is 0 Å². The van der Waals surface area contributed by atoms with Gasteiger partial charge >= 0.3 is 0 Å². The summed E-state index contributed by atoms with van der Waals surface area (Å²) in [5.41, 5.74) is 8.88. The van der Waals surface area contributed by atoms with E-state index < -0.39 is 0 Å². The van der Waals surface area contributed by atoms with Crippen LogP contribution < -0.4 is 0 Å². The van der Waals surface area contributed by atoms with Gasteiger partial charge in [0.15, 0.2) is 17.5 Å². The molecule has 0 atom stereocenters. The van der Waals surface area contributed by atoms with E-state index >= 15 is 0 Å². The topological polar surface area (TPSA) is 65.0 Å². The fourth-order valence-electron chi connectivity index (χ4n) is 8.93. The summed E-state index contributed by atoms with van der Waals surface area (Å²) in [5.74, 6) is 2.68. The second-order valence-electron chi connectivity index (χ2n) is 14.5. The number of hydrogen-bond acceptors (Lipinski definition) is 5. The monoisotopic (exact) mass is 717 g/mol. The number of aryl methyl sites for hydroxylation is 1. The van der Waals surface area contributed by atoms with Crippen LogP contribution in [0.5, 0.6) is 0 Å². The summed E-state index contributed by atoms with van der Waals surface area (Å²) >= 11 is 0. The van der Waals surface area contributed by atoms with E-state index in [0.29, 0.717) is 17.5 Å². The molecule has 1 aliphatic carbocycles. The fourth-order valence-corrected chi connectivity index (χ4v) is 8.93. The highest BCUT2D eigenvalue weighted by Gasteiger charge is 2.26. The van der Waals surface area contributed by atoms with Crippen LogP contribution in [0, 0.1) is 0 Å². The first-order valence-corrected chi connectivity index (χ1v) is 19.1. The van der Waals surface area contributed by atoms with Gasteiger partial charge < -0.3 is 8.83 Å². The Bertz CT molecular complexity index is 3440. The predicted molar refractivity (Wildman–Crippen MR) is 228 cm³/mol. The molecule has 3 heterocycles. The van der Waals surface area contributed by atoms with Crippen molar-refractivity contribution in [3.63, 3.8) is 0 Å². The lowest BCUT2D eigenvalue weighted by molar-refractivity contribution is 0.590. The number of benzene rings is 8. The van der Waals surface area contributed by atoms with Crippen LogP contribution >= 0.6 is 0 Å². The maximum absolute atomic E-state index is 6.59. The molecule has 3 aromatic heterocycles. The third-order valence-corrected chi connectivity index (χ3v) is 11.4. The van der Waals surface area contributed by atoms with E-state index in [1.807, 2.05) is 30.3 Å². The first-order valence-electron chi connectivity index (χ1n) is 19.1. The van der Waals surface area contributed by atoms with Gasteiger partial charge in [0.25, 0.3) is 0 Å². The Hall–Kier alpha value is -7.37. The van der Waals surface area contributed by atoms with Crippen molar-refractivity contribution in [2.45, 2.75) is 12.8 Å². The molecule has 0 radical (unpaired) electrons. The lowest BCUT2D eigenvalue weighted by Gasteiger charge is -2.16. The minimum absolute atomic E-state index is 0.602. The molecule has 5 heteroatoms. The van der Waals surface area contributed by atoms with Gasteiger partial charge in [0, 0.05) is 32.8 Å². The fraction of sp³-hybridized carbons (Fsp3) is 0.0392. The number of hydrogen-bond donors (Lipinski definition) is 0. The lowest BCUT2D eigenvalue weighted by Crippen LogP contribution is -2.07. The third kappa shape index (κ3) is 4.64. The van der Waals surface area contributed by atoms with E-state index in [1.165, 1.54) is 10.9 Å². The first kappa shape index (κ1) is 31.0. The molecule has 56 heavy (non-hydrogen) atoms. The zero-order chi connectivity index (χ0) is 36.7. The smallest absolute Gasteiger partial charge is 0.167 e. The van der Waals surface area contributed by atoms with Gasteiger partial charge in [-0.05, 0) is 80.6 Å². The van der Waals surface area contributed by atoms with Gasteiger partial charge in [-0.3, -0.25) is 0 Å². The van der Waals surface area contributed by atoms with Crippen molar-refractivity contribution in [2.24, 2.45) is 0 Å². The van der Waals surface area contributed by atoms with Crippen molar-refractivity contribution in [3.8, 4) is 33.9 Å². The van der Waals surface area contributed by atoms with E-state index in [2.05, 4.69) is 133 Å². The highest BCUT2D eigenvalue weighted by Crippen LogP contribution is 2.43. The lowest BCUT2D eigenvalue weighted by atomic mass is 9.92. The van der Waals surface area contributed by atoms with Crippen LogP contribution in [0.2, 0.25) is 0 Å². The van der Waals surface area contributed by atoms with Crippen molar-refractivity contribution < 1.29 is 8.83 Å². The van der Waals surface area contributed by atoms with E-state index in [9.17, 15) is 0 Å². The highest BCUT2D eigenvalue weighted by molar-refractivity contribution is 6.16. The number of fused-ring (bicyclic) bond motifs is 10. The Balaban J connectivity index is 1.12. The highest BCUT2D eigenvalue weighted by atomic mass is 16.3. The van der Waals surface area contributed by atoms with Crippen LogP contribution in [-0.2, 0) is 6.42 Å². The van der Waals surface area contributed by atoms with Gasteiger partial charge in [0.05, 0.1) is 5.57 Å². The average molecular weight is 718 g/mol. The standard InChI is InChI=1S/C51H31N3O2/c1-2-14-31-30(13-1)29-43(36-16-4-3-15-32(31)36)51-53-49(52-50(54-51)42-25-11-23-39-37-17-5-7-26-44(37)56-48(39)42)40-24-10-19-33-34(20-9-21-35(33)40)38-22-12-28-46-47(38)41-18-6-8-27-45(41)55-46/h1-10,12-22,24-29H,11,23H2. The van der Waals surface area contributed by atoms with Gasteiger partial charge in [0.1, 0.15) is 22.5 Å². The molecule has 8 aromatic carbocycles. The van der Waals surface area contributed by atoms with Crippen molar-refractivity contribution >= 4 is 70.8 Å². The molecule has 0 N–H and O–H groups in total. The molecule has 262 valence electrons. The molecule has 0 unspecified atom stereocenters. The zero-order valence-electron chi connectivity index (χ0n) is 30.2. The van der Waals surface area contributed by atoms with Gasteiger partial charge in [-0.1, -0.05) is 140 Å². The maximum atomic E-state index is 6.59. The summed E-state index contributed by atoms with van der Waals surface area (Å²) in [7, 11) is 0. The summed E-state index contributed by atoms with van der Waals surface area (Å²) in [6.45, 7) is 0. The number of allylic oxidation sites excluding steroid dienone is 1. The van der Waals surface area contributed by atoms with Crippen LogP contribution in [0.3, 0.4) is 0 Å². The molecule has 0 aliphatic heterocycles. The molecule has 0 fully saturated rings. The van der Waals surface area contributed by atoms with Crippen molar-refractivity contribution in [1.82, 2.24) is 15.0 Å². The van der Waals surface area contributed by atoms with Gasteiger partial charge in [-0.2, -0.15) is 0 Å². The summed E-state index contributed by atoms with van der Waals surface area (Å²) in [6.07, 6.45) is 4.00. The average Bonchev–Trinajstić information content (AvgIpc) is 3.84. The number of para-hydroxylation sites is 2. The van der Waals surface area contributed by atoms with Crippen molar-refractivity contribution in [1.29, 1.82) is 0 Å². The summed E-state index contributed by atoms with van der Waals surface area (Å²) in [6, 6.07) is 55.1. The molecule has 1 aliphatic rings. The van der Waals surface area contributed by atoms with E-state index in [4.69, 9.17) is 23.8 Å². The Kier molecular flexibility index (Phi) is 6.69. The minimum Gasteiger partial charge on any atom is -0.456 e. The third-order valence-electron chi connectivity index (χ3n) is 11.4. The molecular formula is C51H31N3O2. The van der Waals surface area contributed by atoms with Gasteiger partial charge in [-0.25, -0.2) is 15.0 Å². The van der Waals surface area contributed by atoms with E-state index in [0.717, 1.165) is 106 Å². The zero-order valence-corrected chi connectivity index (χ0v) is 30.2. The molecule has 0 amide bonds. The molecule has 12 rings (SSSR count). The quantitative estimate of drug-likeness (QED) is 0.170. The first-order chi connectivity index (χ1) is 27.8. The summed E-state index contributed by atoms with van der Waals surface area (Å²) in [5, 5.41) is 10.1. The summed E-state index contributed by atoms with van der Waals surface area (Å²) < 4.78 is 12.9. The number of nitrogens with zero attached hydrogens (tertiary/aromatic N) is 3. The normalized spacial score (nSPS) is 13.0. The van der Waals surface area contributed by atoms with Crippen LogP contribution in [-0.4, -0.2) is 15.0 Å². The SMILES string of the molecule is C1=C(c2nc(-c3cccc4c(-c5cccc6oc7ccccc7c56)cccc34)nc(-c3cc4ccccc4c4ccccc34)n2)c2oc3ccccc3c2CC1. The number of rotatable bonds is 4. The van der Waals surface area contributed by atoms with Crippen LogP contribution in [0.15, 0.2) is 173 Å². The van der Waals surface area contributed by atoms with Crippen LogP contribution in [0.25, 0.3) is 105 Å². The Morgan fingerprint density at radius 2 is 0.946 bits per heavy atom. The maximum Gasteiger partial charge on any atom is 0.167 e. The van der Waals surface area contributed by atoms with Crippen molar-refractivity contribution in [3.05, 3.63) is 181 Å². The Labute approximate surface area is 321 Å². The molecule has 0 bridgehead atoms. The Morgan fingerprint density at radius 3 is 1.79 bits per heavy atom. The van der Waals surface area contributed by atoms with Gasteiger partial charge in [0.2, 0.25) is 0 Å². The Morgan fingerprint density at radius 1 is 0.393 bits per heavy atom. The molecule has 5 nitrogen and oxygen atoms in total. The predicted octanol–water partition coefficient (Wildman–Crippen LogP) is 13.4. The minimum atomic E-state index is 0.602. The number of furan rings is 2. The van der Waals surface area contributed by atoms with Crippen LogP contribution in [0.4, 0.5) is 0 Å². The molecule has 0 spiro atoms. The largest absolute Gasteiger partial charge is 0.456 e. The molecule has 0 saturated carbocycles. The van der Waals surface area contributed by atoms with Crippen molar-refractivity contribution in [2.75, 3.05) is 0 Å². The van der Waals surface area contributed by atoms with E-state index in [1.54, 1.807) is 0 Å². The second kappa shape index (κ2) is 12.1. The molecule has 0 saturated heterocycles. The summed E-state index contributed by atoms with van der Waals surface area (Å²) in [4.78, 5) is 16.0. The second-order valence-corrected chi connectivity index (χ2v) is 14.5.